The third kappa shape index (κ3) is 5.55. The number of nitrogens with zero attached hydrogens (tertiary/aromatic N) is 1. The molecule has 1 aliphatic heterocycles. The third-order valence-corrected chi connectivity index (χ3v) is 7.23. The van der Waals surface area contributed by atoms with E-state index in [4.69, 9.17) is 10.5 Å². The van der Waals surface area contributed by atoms with Crippen molar-refractivity contribution in [2.24, 2.45) is 11.7 Å². The average molecular weight is 496 g/mol. The SMILES string of the molecule is CC(C(O)[C@H]1C[C@@H](Oc2cccnc2)CN1)C(CCc1ccccc1)(C(N)=O)c1cc(F)cc(F)c1. The lowest BCUT2D eigenvalue weighted by atomic mass is 9.64. The largest absolute Gasteiger partial charge is 0.487 e. The van der Waals surface area contributed by atoms with Crippen molar-refractivity contribution in [3.05, 3.63) is 95.8 Å². The molecule has 5 atom stereocenters. The second kappa shape index (κ2) is 11.1. The number of aromatic nitrogens is 1. The highest BCUT2D eigenvalue weighted by atomic mass is 19.1. The molecule has 1 fully saturated rings. The van der Waals surface area contributed by atoms with Gasteiger partial charge in [0.1, 0.15) is 23.5 Å². The number of halogens is 2. The van der Waals surface area contributed by atoms with Crippen LogP contribution in [0.5, 0.6) is 5.75 Å². The number of nitrogens with one attached hydrogen (secondary N) is 1. The number of aliphatic hydroxyl groups excluding tert-OH is 1. The zero-order valence-corrected chi connectivity index (χ0v) is 20.1. The number of carbonyl (C=O) groups is 1. The molecule has 4 N–H and O–H groups in total. The first-order chi connectivity index (χ1) is 17.3. The van der Waals surface area contributed by atoms with Crippen molar-refractivity contribution in [3.8, 4) is 5.75 Å². The third-order valence-electron chi connectivity index (χ3n) is 7.23. The maximum atomic E-state index is 14.3. The molecule has 1 aromatic heterocycles. The molecule has 0 saturated carbocycles. The standard InChI is InChI=1S/C28H31F2N3O3/c1-18(26(34)25-15-24(17-33-25)36-23-8-5-11-32-16-23)28(27(31)35,10-9-19-6-3-2-4-7-19)20-12-21(29)14-22(30)13-20/h2-8,11-14,16,18,24-26,33-34H,9-10,15,17H2,1H3,(H2,31,35)/t18?,24-,25-,26?,28?/m1/s1. The average Bonchev–Trinajstić information content (AvgIpc) is 3.32. The Morgan fingerprint density at radius 2 is 1.92 bits per heavy atom. The Morgan fingerprint density at radius 1 is 1.19 bits per heavy atom. The van der Waals surface area contributed by atoms with Crippen LogP contribution in [0.25, 0.3) is 0 Å². The molecule has 0 radical (unpaired) electrons. The number of amides is 1. The highest BCUT2D eigenvalue weighted by Gasteiger charge is 2.49. The fraction of sp³-hybridized carbons (Fsp3) is 0.357. The van der Waals surface area contributed by atoms with E-state index in [0.29, 0.717) is 25.1 Å². The molecule has 3 aromatic rings. The summed E-state index contributed by atoms with van der Waals surface area (Å²) in [6, 6.07) is 15.7. The first-order valence-corrected chi connectivity index (χ1v) is 12.1. The number of carbonyl (C=O) groups excluding carboxylic acids is 1. The van der Waals surface area contributed by atoms with Crippen molar-refractivity contribution < 1.29 is 23.4 Å². The smallest absolute Gasteiger partial charge is 0.228 e. The van der Waals surface area contributed by atoms with Crippen LogP contribution in [0.1, 0.15) is 30.9 Å². The van der Waals surface area contributed by atoms with Crippen molar-refractivity contribution in [1.29, 1.82) is 0 Å². The van der Waals surface area contributed by atoms with Gasteiger partial charge in [0.15, 0.2) is 0 Å². The normalized spacial score (nSPS) is 20.9. The predicted molar refractivity (Wildman–Crippen MR) is 132 cm³/mol. The Balaban J connectivity index is 1.61. The molecule has 36 heavy (non-hydrogen) atoms. The quantitative estimate of drug-likeness (QED) is 0.400. The number of ether oxygens (including phenoxy) is 1. The summed E-state index contributed by atoms with van der Waals surface area (Å²) in [5.74, 6) is -2.48. The highest BCUT2D eigenvalue weighted by Crippen LogP contribution is 2.41. The van der Waals surface area contributed by atoms with Gasteiger partial charge in [-0.05, 0) is 48.2 Å². The van der Waals surface area contributed by atoms with E-state index in [1.54, 1.807) is 31.5 Å². The van der Waals surface area contributed by atoms with Crippen molar-refractivity contribution in [1.82, 2.24) is 10.3 Å². The number of benzene rings is 2. The van der Waals surface area contributed by atoms with E-state index < -0.39 is 41.0 Å². The predicted octanol–water partition coefficient (Wildman–Crippen LogP) is 3.52. The molecule has 0 aliphatic carbocycles. The highest BCUT2D eigenvalue weighted by molar-refractivity contribution is 5.87. The minimum absolute atomic E-state index is 0.121. The van der Waals surface area contributed by atoms with Crippen LogP contribution in [0.2, 0.25) is 0 Å². The molecule has 190 valence electrons. The van der Waals surface area contributed by atoms with Crippen LogP contribution in [0.4, 0.5) is 8.78 Å². The minimum Gasteiger partial charge on any atom is -0.487 e. The molecule has 3 unspecified atom stereocenters. The molecule has 1 saturated heterocycles. The first kappa shape index (κ1) is 25.7. The lowest BCUT2D eigenvalue weighted by Gasteiger charge is -2.41. The summed E-state index contributed by atoms with van der Waals surface area (Å²) in [5.41, 5.74) is 5.55. The lowest BCUT2D eigenvalue weighted by molar-refractivity contribution is -0.128. The number of hydrogen-bond donors (Lipinski definition) is 3. The summed E-state index contributed by atoms with van der Waals surface area (Å²) in [7, 11) is 0. The van der Waals surface area contributed by atoms with Crippen LogP contribution in [-0.2, 0) is 16.6 Å². The van der Waals surface area contributed by atoms with Crippen LogP contribution < -0.4 is 15.8 Å². The van der Waals surface area contributed by atoms with Crippen LogP contribution in [0.15, 0.2) is 73.1 Å². The molecule has 2 aromatic carbocycles. The summed E-state index contributed by atoms with van der Waals surface area (Å²) >= 11 is 0. The van der Waals surface area contributed by atoms with E-state index in [1.807, 2.05) is 30.3 Å². The molecule has 0 bridgehead atoms. The van der Waals surface area contributed by atoms with Crippen molar-refractivity contribution in [2.45, 2.75) is 49.9 Å². The topological polar surface area (TPSA) is 97.5 Å². The molecule has 1 amide bonds. The number of hydrogen-bond acceptors (Lipinski definition) is 5. The van der Waals surface area contributed by atoms with Crippen molar-refractivity contribution >= 4 is 5.91 Å². The van der Waals surface area contributed by atoms with Crippen molar-refractivity contribution in [3.63, 3.8) is 0 Å². The van der Waals surface area contributed by atoms with Gasteiger partial charge in [-0.1, -0.05) is 37.3 Å². The molecule has 4 rings (SSSR count). The summed E-state index contributed by atoms with van der Waals surface area (Å²) in [6.07, 6.45) is 3.11. The van der Waals surface area contributed by atoms with Gasteiger partial charge in [-0.2, -0.15) is 0 Å². The first-order valence-electron chi connectivity index (χ1n) is 12.1. The van der Waals surface area contributed by atoms with Gasteiger partial charge in [0, 0.05) is 37.2 Å². The maximum absolute atomic E-state index is 14.3. The van der Waals surface area contributed by atoms with Gasteiger partial charge >= 0.3 is 0 Å². The van der Waals surface area contributed by atoms with E-state index in [-0.39, 0.29) is 18.1 Å². The van der Waals surface area contributed by atoms with E-state index in [2.05, 4.69) is 10.3 Å². The molecule has 1 aliphatic rings. The lowest BCUT2D eigenvalue weighted by Crippen LogP contribution is -2.54. The minimum atomic E-state index is -1.51. The number of primary amides is 1. The number of aryl methyl sites for hydroxylation is 1. The summed E-state index contributed by atoms with van der Waals surface area (Å²) < 4.78 is 34.6. The molecule has 0 spiro atoms. The van der Waals surface area contributed by atoms with Crippen LogP contribution in [0.3, 0.4) is 0 Å². The molecule has 6 nitrogen and oxygen atoms in total. The molecular formula is C28H31F2N3O3. The van der Waals surface area contributed by atoms with Gasteiger partial charge in [0.2, 0.25) is 5.91 Å². The van der Waals surface area contributed by atoms with Crippen LogP contribution >= 0.6 is 0 Å². The fourth-order valence-electron chi connectivity index (χ4n) is 5.25. The Bertz CT molecular complexity index is 1140. The number of rotatable bonds is 10. The Kier molecular flexibility index (Phi) is 7.96. The summed E-state index contributed by atoms with van der Waals surface area (Å²) in [4.78, 5) is 17.2. The summed E-state index contributed by atoms with van der Waals surface area (Å²) in [5, 5.41) is 14.7. The number of pyridine rings is 1. The van der Waals surface area contributed by atoms with Gasteiger partial charge in [0.25, 0.3) is 0 Å². The number of nitrogens with two attached hydrogens (primary N) is 1. The van der Waals surface area contributed by atoms with Crippen molar-refractivity contribution in [2.75, 3.05) is 6.54 Å². The fourth-order valence-corrected chi connectivity index (χ4v) is 5.25. The zero-order chi connectivity index (χ0) is 25.7. The molecule has 2 heterocycles. The monoisotopic (exact) mass is 495 g/mol. The van der Waals surface area contributed by atoms with Gasteiger partial charge in [0.05, 0.1) is 17.7 Å². The Hall–Kier alpha value is -3.36. The number of aliphatic hydroxyl groups is 1. The van der Waals surface area contributed by atoms with Crippen LogP contribution in [0, 0.1) is 17.6 Å². The molecule has 8 heteroatoms. The Labute approximate surface area is 209 Å². The van der Waals surface area contributed by atoms with Gasteiger partial charge in [-0.25, -0.2) is 8.78 Å². The van der Waals surface area contributed by atoms with Gasteiger partial charge in [-0.3, -0.25) is 9.78 Å². The van der Waals surface area contributed by atoms with Gasteiger partial charge in [-0.15, -0.1) is 0 Å². The second-order valence-corrected chi connectivity index (χ2v) is 9.44. The van der Waals surface area contributed by atoms with E-state index in [1.165, 1.54) is 0 Å². The summed E-state index contributed by atoms with van der Waals surface area (Å²) in [6.45, 7) is 2.20. The zero-order valence-electron chi connectivity index (χ0n) is 20.1. The van der Waals surface area contributed by atoms with Crippen LogP contribution in [-0.4, -0.2) is 40.8 Å². The van der Waals surface area contributed by atoms with E-state index in [0.717, 1.165) is 23.8 Å². The van der Waals surface area contributed by atoms with Gasteiger partial charge < -0.3 is 20.9 Å². The van der Waals surface area contributed by atoms with E-state index >= 15 is 0 Å². The molecular weight excluding hydrogens is 464 g/mol. The van der Waals surface area contributed by atoms with E-state index in [9.17, 15) is 18.7 Å². The maximum Gasteiger partial charge on any atom is 0.228 e. The Morgan fingerprint density at radius 3 is 2.56 bits per heavy atom. The second-order valence-electron chi connectivity index (χ2n) is 9.44.